The van der Waals surface area contributed by atoms with Gasteiger partial charge in [-0.3, -0.25) is 0 Å². The van der Waals surface area contributed by atoms with Crippen molar-refractivity contribution in [2.75, 3.05) is 13.1 Å². The molecular formula is C10H16N2. The van der Waals surface area contributed by atoms with Crippen molar-refractivity contribution >= 4 is 0 Å². The van der Waals surface area contributed by atoms with Crippen molar-refractivity contribution in [2.45, 2.75) is 12.8 Å². The SMILES string of the molecule is C1=CC=CNC=C1.C1CCNC1. The molecule has 66 valence electrons. The maximum absolute atomic E-state index is 3.22. The molecule has 0 unspecified atom stereocenters. The highest BCUT2D eigenvalue weighted by atomic mass is 14.9. The van der Waals surface area contributed by atoms with Crippen molar-refractivity contribution < 1.29 is 0 Å². The Bertz CT molecular complexity index is 155. The van der Waals surface area contributed by atoms with Crippen molar-refractivity contribution in [3.8, 4) is 0 Å². The van der Waals surface area contributed by atoms with Crippen LogP contribution in [0.1, 0.15) is 12.8 Å². The molecule has 0 aromatic heterocycles. The molecule has 0 aromatic rings. The van der Waals surface area contributed by atoms with Gasteiger partial charge in [0.1, 0.15) is 0 Å². The first-order valence-corrected chi connectivity index (χ1v) is 4.45. The van der Waals surface area contributed by atoms with Crippen LogP contribution in [0, 0.1) is 0 Å². The normalized spacial score (nSPS) is 19.3. The van der Waals surface area contributed by atoms with Crippen LogP contribution in [-0.4, -0.2) is 13.1 Å². The number of rotatable bonds is 0. The van der Waals surface area contributed by atoms with Gasteiger partial charge in [0.05, 0.1) is 0 Å². The zero-order chi connectivity index (χ0) is 8.49. The summed E-state index contributed by atoms with van der Waals surface area (Å²) in [5.74, 6) is 0. The molecular weight excluding hydrogens is 148 g/mol. The molecule has 0 spiro atoms. The molecule has 2 nitrogen and oxygen atoms in total. The Morgan fingerprint density at radius 1 is 0.750 bits per heavy atom. The molecule has 0 bridgehead atoms. The molecule has 1 saturated heterocycles. The van der Waals surface area contributed by atoms with Crippen molar-refractivity contribution in [1.29, 1.82) is 0 Å². The van der Waals surface area contributed by atoms with Gasteiger partial charge in [0, 0.05) is 12.4 Å². The fourth-order valence-electron chi connectivity index (χ4n) is 1.03. The first kappa shape index (κ1) is 9.07. The first-order chi connectivity index (χ1) is 6.00. The lowest BCUT2D eigenvalue weighted by Crippen LogP contribution is -2.03. The fourth-order valence-corrected chi connectivity index (χ4v) is 1.03. The summed E-state index contributed by atoms with van der Waals surface area (Å²) >= 11 is 0. The second kappa shape index (κ2) is 6.68. The number of hydrogen-bond donors (Lipinski definition) is 2. The fraction of sp³-hybridized carbons (Fsp3) is 0.400. The van der Waals surface area contributed by atoms with Crippen LogP contribution in [0.25, 0.3) is 0 Å². The molecule has 0 saturated carbocycles. The highest BCUT2D eigenvalue weighted by Crippen LogP contribution is 1.90. The van der Waals surface area contributed by atoms with Gasteiger partial charge >= 0.3 is 0 Å². The van der Waals surface area contributed by atoms with Crippen LogP contribution in [0.5, 0.6) is 0 Å². The van der Waals surface area contributed by atoms with E-state index in [9.17, 15) is 0 Å². The molecule has 2 aliphatic heterocycles. The molecule has 2 heteroatoms. The topological polar surface area (TPSA) is 24.1 Å². The summed E-state index contributed by atoms with van der Waals surface area (Å²) in [6.45, 7) is 2.50. The largest absolute Gasteiger partial charge is 0.368 e. The van der Waals surface area contributed by atoms with E-state index >= 15 is 0 Å². The van der Waals surface area contributed by atoms with E-state index in [1.807, 2.05) is 36.7 Å². The van der Waals surface area contributed by atoms with Gasteiger partial charge in [0.15, 0.2) is 0 Å². The van der Waals surface area contributed by atoms with E-state index < -0.39 is 0 Å². The van der Waals surface area contributed by atoms with Gasteiger partial charge in [-0.2, -0.15) is 0 Å². The van der Waals surface area contributed by atoms with Gasteiger partial charge < -0.3 is 10.6 Å². The Morgan fingerprint density at radius 3 is 1.75 bits per heavy atom. The molecule has 0 aromatic carbocycles. The highest BCUT2D eigenvalue weighted by Gasteiger charge is 1.93. The third-order valence-electron chi connectivity index (χ3n) is 1.68. The highest BCUT2D eigenvalue weighted by molar-refractivity contribution is 5.14. The minimum Gasteiger partial charge on any atom is -0.368 e. The van der Waals surface area contributed by atoms with E-state index in [-0.39, 0.29) is 0 Å². The third kappa shape index (κ3) is 4.74. The van der Waals surface area contributed by atoms with Crippen LogP contribution >= 0.6 is 0 Å². The minimum atomic E-state index is 1.25. The second-order valence-electron chi connectivity index (χ2n) is 2.73. The molecule has 0 amide bonds. The molecule has 0 aliphatic carbocycles. The Balaban J connectivity index is 0.000000127. The second-order valence-corrected chi connectivity index (χ2v) is 2.73. The van der Waals surface area contributed by atoms with Crippen LogP contribution in [0.3, 0.4) is 0 Å². The maximum Gasteiger partial charge on any atom is 0.000442 e. The predicted molar refractivity (Wildman–Crippen MR) is 52.7 cm³/mol. The lowest BCUT2D eigenvalue weighted by molar-refractivity contribution is 0.857. The summed E-state index contributed by atoms with van der Waals surface area (Å²) in [7, 11) is 0. The summed E-state index contributed by atoms with van der Waals surface area (Å²) in [5.41, 5.74) is 0. The summed E-state index contributed by atoms with van der Waals surface area (Å²) < 4.78 is 0. The Kier molecular flexibility index (Phi) is 5.05. The number of hydrogen-bond acceptors (Lipinski definition) is 2. The van der Waals surface area contributed by atoms with Crippen LogP contribution in [0.15, 0.2) is 36.7 Å². The lowest BCUT2D eigenvalue weighted by Gasteiger charge is -1.79. The maximum atomic E-state index is 3.22. The Morgan fingerprint density at radius 2 is 1.33 bits per heavy atom. The van der Waals surface area contributed by atoms with E-state index in [1.54, 1.807) is 0 Å². The van der Waals surface area contributed by atoms with E-state index in [2.05, 4.69) is 10.6 Å². The van der Waals surface area contributed by atoms with Crippen LogP contribution in [0.4, 0.5) is 0 Å². The van der Waals surface area contributed by atoms with Crippen LogP contribution in [0.2, 0.25) is 0 Å². The summed E-state index contributed by atoms with van der Waals surface area (Å²) in [6, 6.07) is 0. The van der Waals surface area contributed by atoms with Crippen molar-refractivity contribution in [3.05, 3.63) is 36.7 Å². The van der Waals surface area contributed by atoms with E-state index in [0.29, 0.717) is 0 Å². The zero-order valence-electron chi connectivity index (χ0n) is 7.29. The van der Waals surface area contributed by atoms with Gasteiger partial charge in [-0.15, -0.1) is 0 Å². The van der Waals surface area contributed by atoms with Gasteiger partial charge in [-0.05, 0) is 38.1 Å². The molecule has 2 heterocycles. The first-order valence-electron chi connectivity index (χ1n) is 4.45. The summed E-state index contributed by atoms with van der Waals surface area (Å²) in [5, 5.41) is 6.15. The average Bonchev–Trinajstić information content (AvgIpc) is 2.54. The minimum absolute atomic E-state index is 1.25. The average molecular weight is 164 g/mol. The Labute approximate surface area is 74.0 Å². The third-order valence-corrected chi connectivity index (χ3v) is 1.68. The molecule has 1 fully saturated rings. The monoisotopic (exact) mass is 164 g/mol. The number of allylic oxidation sites excluding steroid dienone is 4. The standard InChI is InChI=1S/C6H7N.C4H9N/c1-2-4-6-7-5-3-1;1-2-4-5-3-1/h1-7H;5H,1-4H2. The number of nitrogens with one attached hydrogen (secondary N) is 2. The lowest BCUT2D eigenvalue weighted by atomic mass is 10.4. The summed E-state index contributed by atoms with van der Waals surface area (Å²) in [4.78, 5) is 0. The zero-order valence-corrected chi connectivity index (χ0v) is 7.29. The van der Waals surface area contributed by atoms with Gasteiger partial charge in [0.25, 0.3) is 0 Å². The predicted octanol–water partition coefficient (Wildman–Crippen LogP) is 1.54. The van der Waals surface area contributed by atoms with Gasteiger partial charge in [-0.1, -0.05) is 12.2 Å². The van der Waals surface area contributed by atoms with Gasteiger partial charge in [-0.25, -0.2) is 0 Å². The van der Waals surface area contributed by atoms with E-state index in [4.69, 9.17) is 0 Å². The molecule has 2 N–H and O–H groups in total. The van der Waals surface area contributed by atoms with E-state index in [1.165, 1.54) is 25.9 Å². The molecule has 2 aliphatic rings. The smallest absolute Gasteiger partial charge is 0.000442 e. The van der Waals surface area contributed by atoms with Crippen molar-refractivity contribution in [2.24, 2.45) is 0 Å². The quantitative estimate of drug-likeness (QED) is 0.567. The van der Waals surface area contributed by atoms with Crippen LogP contribution in [-0.2, 0) is 0 Å². The Hall–Kier alpha value is -1.02. The molecule has 0 radical (unpaired) electrons. The molecule has 2 rings (SSSR count). The van der Waals surface area contributed by atoms with Crippen molar-refractivity contribution in [1.82, 2.24) is 10.6 Å². The van der Waals surface area contributed by atoms with Crippen LogP contribution < -0.4 is 10.6 Å². The molecule has 0 atom stereocenters. The van der Waals surface area contributed by atoms with E-state index in [0.717, 1.165) is 0 Å². The van der Waals surface area contributed by atoms with Crippen molar-refractivity contribution in [3.63, 3.8) is 0 Å². The summed E-state index contributed by atoms with van der Waals surface area (Å²) in [6.07, 6.45) is 14.4. The molecule has 12 heavy (non-hydrogen) atoms. The van der Waals surface area contributed by atoms with Gasteiger partial charge in [0.2, 0.25) is 0 Å².